The molecule has 1 aliphatic carbocycles. The van der Waals surface area contributed by atoms with Crippen molar-refractivity contribution in [3.63, 3.8) is 0 Å². The summed E-state index contributed by atoms with van der Waals surface area (Å²) in [5, 5.41) is 0. The number of carbonyl (C=O) groups excluding carboxylic acids is 2. The summed E-state index contributed by atoms with van der Waals surface area (Å²) >= 11 is 0. The van der Waals surface area contributed by atoms with E-state index in [4.69, 9.17) is 10.5 Å². The van der Waals surface area contributed by atoms with Crippen LogP contribution >= 0.6 is 0 Å². The van der Waals surface area contributed by atoms with E-state index < -0.39 is 5.91 Å². The first kappa shape index (κ1) is 12.9. The van der Waals surface area contributed by atoms with Crippen LogP contribution in [0.2, 0.25) is 0 Å². The number of primary amides is 1. The smallest absolute Gasteiger partial charge is 0.246 e. The molecule has 1 aliphatic rings. The SMILES string of the molecule is CCOC1CC(CC(=O)NOCC(N)=O)C1. The van der Waals surface area contributed by atoms with Crippen molar-refractivity contribution in [2.45, 2.75) is 32.3 Å². The van der Waals surface area contributed by atoms with Crippen molar-refractivity contribution < 1.29 is 19.2 Å². The van der Waals surface area contributed by atoms with Gasteiger partial charge in [0.05, 0.1) is 6.10 Å². The fraction of sp³-hybridized carbons (Fsp3) is 0.800. The Labute approximate surface area is 94.4 Å². The summed E-state index contributed by atoms with van der Waals surface area (Å²) in [5.41, 5.74) is 7.02. The van der Waals surface area contributed by atoms with Gasteiger partial charge in [0.1, 0.15) is 0 Å². The van der Waals surface area contributed by atoms with E-state index in [9.17, 15) is 9.59 Å². The highest BCUT2D eigenvalue weighted by Gasteiger charge is 2.31. The van der Waals surface area contributed by atoms with Crippen LogP contribution in [0.4, 0.5) is 0 Å². The predicted molar refractivity (Wildman–Crippen MR) is 56.0 cm³/mol. The van der Waals surface area contributed by atoms with Crippen LogP contribution in [-0.2, 0) is 19.2 Å². The maximum atomic E-state index is 11.3. The molecule has 0 aromatic rings. The van der Waals surface area contributed by atoms with Gasteiger partial charge in [0.15, 0.2) is 6.61 Å². The Morgan fingerprint density at radius 2 is 2.12 bits per heavy atom. The molecule has 0 aromatic heterocycles. The molecule has 0 bridgehead atoms. The van der Waals surface area contributed by atoms with Crippen molar-refractivity contribution in [1.82, 2.24) is 5.48 Å². The first-order valence-corrected chi connectivity index (χ1v) is 5.42. The van der Waals surface area contributed by atoms with Crippen molar-refractivity contribution in [2.24, 2.45) is 11.7 Å². The van der Waals surface area contributed by atoms with E-state index in [1.54, 1.807) is 0 Å². The van der Waals surface area contributed by atoms with E-state index >= 15 is 0 Å². The molecule has 1 rings (SSSR count). The van der Waals surface area contributed by atoms with Crippen LogP contribution in [0.3, 0.4) is 0 Å². The molecular formula is C10H18N2O4. The summed E-state index contributed by atoms with van der Waals surface area (Å²) in [4.78, 5) is 26.2. The molecule has 0 spiro atoms. The molecule has 2 amide bonds. The number of hydroxylamine groups is 1. The molecule has 16 heavy (non-hydrogen) atoms. The fourth-order valence-corrected chi connectivity index (χ4v) is 1.70. The minimum atomic E-state index is -0.611. The van der Waals surface area contributed by atoms with Gasteiger partial charge in [-0.3, -0.25) is 14.4 Å². The Balaban J connectivity index is 2.01. The van der Waals surface area contributed by atoms with E-state index in [0.29, 0.717) is 25.0 Å². The Morgan fingerprint density at radius 3 is 2.69 bits per heavy atom. The van der Waals surface area contributed by atoms with Gasteiger partial charge < -0.3 is 10.5 Å². The average molecular weight is 230 g/mol. The molecule has 0 atom stereocenters. The van der Waals surface area contributed by atoms with E-state index in [0.717, 1.165) is 12.8 Å². The van der Waals surface area contributed by atoms with Crippen molar-refractivity contribution in [1.29, 1.82) is 0 Å². The minimum Gasteiger partial charge on any atom is -0.378 e. The van der Waals surface area contributed by atoms with Crippen molar-refractivity contribution in [3.8, 4) is 0 Å². The summed E-state index contributed by atoms with van der Waals surface area (Å²) in [7, 11) is 0. The van der Waals surface area contributed by atoms with Gasteiger partial charge in [-0.25, -0.2) is 5.48 Å². The van der Waals surface area contributed by atoms with Crippen LogP contribution in [0, 0.1) is 5.92 Å². The first-order chi connectivity index (χ1) is 7.61. The van der Waals surface area contributed by atoms with Crippen LogP contribution < -0.4 is 11.2 Å². The third-order valence-electron chi connectivity index (χ3n) is 2.47. The topological polar surface area (TPSA) is 90.7 Å². The van der Waals surface area contributed by atoms with Crippen molar-refractivity contribution >= 4 is 11.8 Å². The lowest BCUT2D eigenvalue weighted by atomic mass is 9.80. The zero-order chi connectivity index (χ0) is 12.0. The monoisotopic (exact) mass is 230 g/mol. The molecular weight excluding hydrogens is 212 g/mol. The van der Waals surface area contributed by atoms with Gasteiger partial charge in [-0.1, -0.05) is 0 Å². The van der Waals surface area contributed by atoms with E-state index in [1.807, 2.05) is 6.92 Å². The number of amides is 2. The zero-order valence-electron chi connectivity index (χ0n) is 9.40. The first-order valence-electron chi connectivity index (χ1n) is 5.42. The summed E-state index contributed by atoms with van der Waals surface area (Å²) in [5.74, 6) is -0.477. The summed E-state index contributed by atoms with van der Waals surface area (Å²) in [6.07, 6.45) is 2.53. The van der Waals surface area contributed by atoms with Gasteiger partial charge in [-0.15, -0.1) is 0 Å². The van der Waals surface area contributed by atoms with Gasteiger partial charge in [0.25, 0.3) is 0 Å². The second-order valence-electron chi connectivity index (χ2n) is 3.90. The minimum absolute atomic E-state index is 0.221. The molecule has 1 fully saturated rings. The number of ether oxygens (including phenoxy) is 1. The van der Waals surface area contributed by atoms with Crippen molar-refractivity contribution in [3.05, 3.63) is 0 Å². The molecule has 0 aromatic carbocycles. The molecule has 92 valence electrons. The number of rotatable bonds is 7. The zero-order valence-corrected chi connectivity index (χ0v) is 9.40. The lowest BCUT2D eigenvalue weighted by Gasteiger charge is -2.34. The quantitative estimate of drug-likeness (QED) is 0.589. The predicted octanol–water partition coefficient (Wildman–Crippen LogP) is -0.275. The Hall–Kier alpha value is -1.14. The third-order valence-corrected chi connectivity index (χ3v) is 2.47. The summed E-state index contributed by atoms with van der Waals surface area (Å²) < 4.78 is 5.38. The van der Waals surface area contributed by atoms with Gasteiger partial charge in [0.2, 0.25) is 11.8 Å². The average Bonchev–Trinajstić information content (AvgIpc) is 2.14. The molecule has 0 saturated heterocycles. The summed E-state index contributed by atoms with van der Waals surface area (Å²) in [6.45, 7) is 2.38. The molecule has 1 saturated carbocycles. The third kappa shape index (κ3) is 4.59. The number of carbonyl (C=O) groups is 2. The van der Waals surface area contributed by atoms with Gasteiger partial charge >= 0.3 is 0 Å². The fourth-order valence-electron chi connectivity index (χ4n) is 1.70. The van der Waals surface area contributed by atoms with Gasteiger partial charge in [0, 0.05) is 13.0 Å². The van der Waals surface area contributed by atoms with Crippen LogP contribution in [0.25, 0.3) is 0 Å². The van der Waals surface area contributed by atoms with Crippen LogP contribution in [0.1, 0.15) is 26.2 Å². The number of hydrogen-bond donors (Lipinski definition) is 2. The van der Waals surface area contributed by atoms with Crippen molar-refractivity contribution in [2.75, 3.05) is 13.2 Å². The lowest BCUT2D eigenvalue weighted by Crippen LogP contribution is -2.36. The van der Waals surface area contributed by atoms with Gasteiger partial charge in [-0.2, -0.15) is 0 Å². The number of nitrogens with two attached hydrogens (primary N) is 1. The van der Waals surface area contributed by atoms with E-state index in [2.05, 4.69) is 10.3 Å². The maximum absolute atomic E-state index is 11.3. The Kier molecular flexibility index (Phi) is 5.21. The molecule has 0 aliphatic heterocycles. The molecule has 0 unspecified atom stereocenters. The highest BCUT2D eigenvalue weighted by molar-refractivity contribution is 5.77. The largest absolute Gasteiger partial charge is 0.378 e. The Morgan fingerprint density at radius 1 is 1.44 bits per heavy atom. The summed E-state index contributed by atoms with van der Waals surface area (Å²) in [6, 6.07) is 0. The number of nitrogens with one attached hydrogen (secondary N) is 1. The molecule has 6 heteroatoms. The van der Waals surface area contributed by atoms with Crippen LogP contribution in [0.5, 0.6) is 0 Å². The van der Waals surface area contributed by atoms with E-state index in [-0.39, 0.29) is 12.5 Å². The standard InChI is InChI=1S/C10H18N2O4/c1-2-15-8-3-7(4-8)5-10(14)12-16-6-9(11)13/h7-8H,2-6H2,1H3,(H2,11,13)(H,12,14). The Bertz CT molecular complexity index is 251. The molecule has 0 heterocycles. The van der Waals surface area contributed by atoms with Crippen LogP contribution in [-0.4, -0.2) is 31.1 Å². The highest BCUT2D eigenvalue weighted by Crippen LogP contribution is 2.32. The number of hydrogen-bond acceptors (Lipinski definition) is 4. The normalized spacial score (nSPS) is 23.6. The lowest BCUT2D eigenvalue weighted by molar-refractivity contribution is -0.140. The second kappa shape index (κ2) is 6.44. The maximum Gasteiger partial charge on any atom is 0.246 e. The molecule has 0 radical (unpaired) electrons. The second-order valence-corrected chi connectivity index (χ2v) is 3.90. The van der Waals surface area contributed by atoms with Gasteiger partial charge in [-0.05, 0) is 25.7 Å². The van der Waals surface area contributed by atoms with E-state index in [1.165, 1.54) is 0 Å². The molecule has 6 nitrogen and oxygen atoms in total. The highest BCUT2D eigenvalue weighted by atomic mass is 16.7. The molecule has 3 N–H and O–H groups in total. The van der Waals surface area contributed by atoms with Crippen LogP contribution in [0.15, 0.2) is 0 Å².